The number of hydrogen-bond donors (Lipinski definition) is 1. The molecule has 0 saturated heterocycles. The second kappa shape index (κ2) is 5.76. The van der Waals surface area contributed by atoms with Crippen molar-refractivity contribution in [2.45, 2.75) is 26.2 Å². The van der Waals surface area contributed by atoms with E-state index in [-0.39, 0.29) is 5.97 Å². The predicted molar refractivity (Wildman–Crippen MR) is 69.6 cm³/mol. The van der Waals surface area contributed by atoms with E-state index >= 15 is 0 Å². The van der Waals surface area contributed by atoms with E-state index in [2.05, 4.69) is 0 Å². The molecule has 2 rings (SSSR count). The second-order valence-electron chi connectivity index (χ2n) is 4.62. The topological polar surface area (TPSA) is 61.5 Å². The van der Waals surface area contributed by atoms with E-state index in [4.69, 9.17) is 15.2 Å². The van der Waals surface area contributed by atoms with E-state index in [0.717, 1.165) is 12.8 Å². The van der Waals surface area contributed by atoms with Crippen molar-refractivity contribution in [2.24, 2.45) is 5.92 Å². The molecular formula is C14H19NO3. The molecule has 0 aliphatic heterocycles. The van der Waals surface area contributed by atoms with E-state index in [0.29, 0.717) is 36.1 Å². The van der Waals surface area contributed by atoms with Crippen molar-refractivity contribution in [2.75, 3.05) is 18.9 Å². The summed E-state index contributed by atoms with van der Waals surface area (Å²) in [5, 5.41) is 0. The van der Waals surface area contributed by atoms with Gasteiger partial charge in [-0.15, -0.1) is 0 Å². The van der Waals surface area contributed by atoms with Gasteiger partial charge >= 0.3 is 5.97 Å². The SMILES string of the molecule is CCOc1cc(N)cc(C(=O)OCC2CCC2)c1. The van der Waals surface area contributed by atoms with Crippen molar-refractivity contribution >= 4 is 11.7 Å². The molecular weight excluding hydrogens is 230 g/mol. The Labute approximate surface area is 107 Å². The highest BCUT2D eigenvalue weighted by Gasteiger charge is 2.20. The molecule has 0 radical (unpaired) electrons. The van der Waals surface area contributed by atoms with Gasteiger partial charge in [-0.2, -0.15) is 0 Å². The number of rotatable bonds is 5. The first-order valence-electron chi connectivity index (χ1n) is 6.39. The van der Waals surface area contributed by atoms with Gasteiger partial charge in [-0.3, -0.25) is 0 Å². The molecule has 18 heavy (non-hydrogen) atoms. The molecule has 0 heterocycles. The van der Waals surface area contributed by atoms with E-state index in [1.54, 1.807) is 18.2 Å². The molecule has 0 aromatic heterocycles. The second-order valence-corrected chi connectivity index (χ2v) is 4.62. The lowest BCUT2D eigenvalue weighted by Crippen LogP contribution is -2.20. The summed E-state index contributed by atoms with van der Waals surface area (Å²) in [5.74, 6) is 0.824. The Morgan fingerprint density at radius 2 is 2.17 bits per heavy atom. The van der Waals surface area contributed by atoms with Gasteiger partial charge in [0.15, 0.2) is 0 Å². The Bertz CT molecular complexity index is 427. The summed E-state index contributed by atoms with van der Waals surface area (Å²) < 4.78 is 10.6. The summed E-state index contributed by atoms with van der Waals surface area (Å²) in [6, 6.07) is 4.99. The van der Waals surface area contributed by atoms with Gasteiger partial charge in [0.2, 0.25) is 0 Å². The number of carbonyl (C=O) groups is 1. The first-order valence-corrected chi connectivity index (χ1v) is 6.39. The van der Waals surface area contributed by atoms with Gasteiger partial charge in [0.25, 0.3) is 0 Å². The van der Waals surface area contributed by atoms with Crippen LogP contribution in [0.15, 0.2) is 18.2 Å². The molecule has 1 aliphatic rings. The van der Waals surface area contributed by atoms with E-state index in [1.165, 1.54) is 6.42 Å². The van der Waals surface area contributed by atoms with Crippen molar-refractivity contribution in [3.63, 3.8) is 0 Å². The molecule has 1 aromatic rings. The molecule has 1 saturated carbocycles. The maximum absolute atomic E-state index is 11.9. The average molecular weight is 249 g/mol. The van der Waals surface area contributed by atoms with Crippen molar-refractivity contribution < 1.29 is 14.3 Å². The largest absolute Gasteiger partial charge is 0.494 e. The molecule has 0 unspecified atom stereocenters. The van der Waals surface area contributed by atoms with Gasteiger partial charge in [-0.05, 0) is 37.8 Å². The van der Waals surface area contributed by atoms with Crippen LogP contribution in [-0.4, -0.2) is 19.2 Å². The highest BCUT2D eigenvalue weighted by Crippen LogP contribution is 2.27. The van der Waals surface area contributed by atoms with Gasteiger partial charge in [0.05, 0.1) is 18.8 Å². The van der Waals surface area contributed by atoms with Crippen LogP contribution >= 0.6 is 0 Å². The van der Waals surface area contributed by atoms with E-state index in [9.17, 15) is 4.79 Å². The van der Waals surface area contributed by atoms with Crippen LogP contribution in [0.5, 0.6) is 5.75 Å². The van der Waals surface area contributed by atoms with Crippen LogP contribution in [0.2, 0.25) is 0 Å². The first-order chi connectivity index (χ1) is 8.69. The molecule has 0 spiro atoms. The molecule has 4 heteroatoms. The van der Waals surface area contributed by atoms with Gasteiger partial charge in [-0.1, -0.05) is 6.42 Å². The maximum atomic E-state index is 11.9. The zero-order chi connectivity index (χ0) is 13.0. The zero-order valence-corrected chi connectivity index (χ0v) is 10.6. The van der Waals surface area contributed by atoms with Crippen molar-refractivity contribution in [1.29, 1.82) is 0 Å². The Balaban J connectivity index is 1.99. The van der Waals surface area contributed by atoms with Gasteiger partial charge in [0, 0.05) is 11.8 Å². The molecule has 98 valence electrons. The third kappa shape index (κ3) is 3.15. The third-order valence-electron chi connectivity index (χ3n) is 3.15. The molecule has 1 fully saturated rings. The predicted octanol–water partition coefficient (Wildman–Crippen LogP) is 2.62. The van der Waals surface area contributed by atoms with Crippen LogP contribution in [0.4, 0.5) is 5.69 Å². The van der Waals surface area contributed by atoms with E-state index < -0.39 is 0 Å². The zero-order valence-electron chi connectivity index (χ0n) is 10.6. The minimum atomic E-state index is -0.324. The number of esters is 1. The monoisotopic (exact) mass is 249 g/mol. The highest BCUT2D eigenvalue weighted by molar-refractivity contribution is 5.91. The highest BCUT2D eigenvalue weighted by atomic mass is 16.5. The van der Waals surface area contributed by atoms with Crippen LogP contribution in [0.25, 0.3) is 0 Å². The lowest BCUT2D eigenvalue weighted by Gasteiger charge is -2.24. The van der Waals surface area contributed by atoms with Crippen molar-refractivity contribution in [1.82, 2.24) is 0 Å². The van der Waals surface area contributed by atoms with Crippen LogP contribution in [0.3, 0.4) is 0 Å². The van der Waals surface area contributed by atoms with Crippen LogP contribution in [0.1, 0.15) is 36.5 Å². The Morgan fingerprint density at radius 3 is 2.78 bits per heavy atom. The number of benzene rings is 1. The van der Waals surface area contributed by atoms with Crippen LogP contribution < -0.4 is 10.5 Å². The maximum Gasteiger partial charge on any atom is 0.338 e. The quantitative estimate of drug-likeness (QED) is 0.643. The number of anilines is 1. The fourth-order valence-electron chi connectivity index (χ4n) is 1.93. The van der Waals surface area contributed by atoms with Gasteiger partial charge in [0.1, 0.15) is 5.75 Å². The number of carbonyl (C=O) groups excluding carboxylic acids is 1. The Kier molecular flexibility index (Phi) is 4.07. The van der Waals surface area contributed by atoms with Gasteiger partial charge < -0.3 is 15.2 Å². The lowest BCUT2D eigenvalue weighted by molar-refractivity contribution is 0.0371. The van der Waals surface area contributed by atoms with Crippen LogP contribution in [0, 0.1) is 5.92 Å². The Morgan fingerprint density at radius 1 is 1.39 bits per heavy atom. The summed E-state index contributed by atoms with van der Waals surface area (Å²) in [6.45, 7) is 2.94. The summed E-state index contributed by atoms with van der Waals surface area (Å²) in [6.07, 6.45) is 3.57. The number of hydrogen-bond acceptors (Lipinski definition) is 4. The minimum Gasteiger partial charge on any atom is -0.494 e. The fourth-order valence-corrected chi connectivity index (χ4v) is 1.93. The summed E-state index contributed by atoms with van der Waals surface area (Å²) in [4.78, 5) is 11.9. The molecule has 0 atom stereocenters. The molecule has 1 aliphatic carbocycles. The van der Waals surface area contributed by atoms with Crippen LogP contribution in [-0.2, 0) is 4.74 Å². The molecule has 0 bridgehead atoms. The standard InChI is InChI=1S/C14H19NO3/c1-2-17-13-7-11(6-12(15)8-13)14(16)18-9-10-4-3-5-10/h6-8,10H,2-5,9,15H2,1H3. The van der Waals surface area contributed by atoms with Crippen molar-refractivity contribution in [3.8, 4) is 5.75 Å². The first kappa shape index (κ1) is 12.7. The summed E-state index contributed by atoms with van der Waals surface area (Å²) >= 11 is 0. The molecule has 0 amide bonds. The van der Waals surface area contributed by atoms with Gasteiger partial charge in [-0.25, -0.2) is 4.79 Å². The molecule has 1 aromatic carbocycles. The smallest absolute Gasteiger partial charge is 0.338 e. The average Bonchev–Trinajstić information content (AvgIpc) is 2.26. The fraction of sp³-hybridized carbons (Fsp3) is 0.500. The van der Waals surface area contributed by atoms with E-state index in [1.807, 2.05) is 6.92 Å². The normalized spacial score (nSPS) is 14.9. The number of nitrogen functional groups attached to an aromatic ring is 1. The number of ether oxygens (including phenoxy) is 2. The third-order valence-corrected chi connectivity index (χ3v) is 3.15. The van der Waals surface area contributed by atoms with Crippen molar-refractivity contribution in [3.05, 3.63) is 23.8 Å². The molecule has 4 nitrogen and oxygen atoms in total. The Hall–Kier alpha value is -1.71. The molecule has 2 N–H and O–H groups in total. The summed E-state index contributed by atoms with van der Waals surface area (Å²) in [5.41, 5.74) is 6.70. The summed E-state index contributed by atoms with van der Waals surface area (Å²) in [7, 11) is 0. The lowest BCUT2D eigenvalue weighted by atomic mass is 9.86. The minimum absolute atomic E-state index is 0.324. The number of nitrogens with two attached hydrogens (primary N) is 1.